The summed E-state index contributed by atoms with van der Waals surface area (Å²) in [5.41, 5.74) is 0. The summed E-state index contributed by atoms with van der Waals surface area (Å²) in [6, 6.07) is 0. The molecule has 1 saturated heterocycles. The SMILES string of the molecule is CCCCCCCCCCCCC1COCCOCCOCCOCC(CCCCCCCCCCCC)OCCO1. The Bertz CT molecular complexity index is 461. The molecule has 0 bridgehead atoms. The van der Waals surface area contributed by atoms with Crippen molar-refractivity contribution in [2.75, 3.05) is 66.1 Å². The summed E-state index contributed by atoms with van der Waals surface area (Å²) in [5.74, 6) is 0. The average molecular weight is 601 g/mol. The molecule has 0 aliphatic carbocycles. The number of unbranched alkanes of at least 4 members (excludes halogenated alkanes) is 18. The first-order chi connectivity index (χ1) is 20.9. The van der Waals surface area contributed by atoms with E-state index in [2.05, 4.69) is 13.8 Å². The monoisotopic (exact) mass is 601 g/mol. The van der Waals surface area contributed by atoms with Gasteiger partial charge in [-0.25, -0.2) is 0 Å². The van der Waals surface area contributed by atoms with Crippen LogP contribution in [0, 0.1) is 0 Å². The van der Waals surface area contributed by atoms with E-state index in [4.69, 9.17) is 28.4 Å². The maximum atomic E-state index is 6.27. The zero-order valence-electron chi connectivity index (χ0n) is 28.2. The van der Waals surface area contributed by atoms with Crippen LogP contribution in [0.3, 0.4) is 0 Å². The Hall–Kier alpha value is -0.240. The third kappa shape index (κ3) is 28.5. The van der Waals surface area contributed by atoms with Crippen molar-refractivity contribution in [2.24, 2.45) is 0 Å². The van der Waals surface area contributed by atoms with Crippen molar-refractivity contribution in [3.05, 3.63) is 0 Å². The number of ether oxygens (including phenoxy) is 6. The summed E-state index contributed by atoms with van der Waals surface area (Å²) in [6.45, 7) is 10.6. The average Bonchev–Trinajstić information content (AvgIpc) is 3.00. The summed E-state index contributed by atoms with van der Waals surface area (Å²) in [6.07, 6.45) is 29.4. The van der Waals surface area contributed by atoms with Crippen LogP contribution in [0.5, 0.6) is 0 Å². The first-order valence-electron chi connectivity index (χ1n) is 18.4. The van der Waals surface area contributed by atoms with Gasteiger partial charge in [-0.15, -0.1) is 0 Å². The summed E-state index contributed by atoms with van der Waals surface area (Å²) < 4.78 is 35.7. The van der Waals surface area contributed by atoms with Gasteiger partial charge in [0.15, 0.2) is 0 Å². The lowest BCUT2D eigenvalue weighted by molar-refractivity contribution is -0.0825. The molecule has 0 saturated carbocycles. The van der Waals surface area contributed by atoms with Crippen LogP contribution in [0.25, 0.3) is 0 Å². The predicted molar refractivity (Wildman–Crippen MR) is 176 cm³/mol. The van der Waals surface area contributed by atoms with Crippen molar-refractivity contribution in [3.8, 4) is 0 Å². The summed E-state index contributed by atoms with van der Waals surface area (Å²) in [4.78, 5) is 0. The van der Waals surface area contributed by atoms with Gasteiger partial charge in [0.05, 0.1) is 78.3 Å². The number of hydrogen-bond acceptors (Lipinski definition) is 6. The lowest BCUT2D eigenvalue weighted by Crippen LogP contribution is -2.27. The second-order valence-electron chi connectivity index (χ2n) is 12.3. The summed E-state index contributed by atoms with van der Waals surface area (Å²) in [5, 5.41) is 0. The van der Waals surface area contributed by atoms with E-state index in [-0.39, 0.29) is 12.2 Å². The maximum absolute atomic E-state index is 6.27. The Labute approximate surface area is 261 Å². The van der Waals surface area contributed by atoms with Gasteiger partial charge in [0, 0.05) is 0 Å². The molecule has 1 aliphatic rings. The van der Waals surface area contributed by atoms with Crippen LogP contribution in [0.4, 0.5) is 0 Å². The zero-order chi connectivity index (χ0) is 30.0. The van der Waals surface area contributed by atoms with E-state index in [0.29, 0.717) is 66.1 Å². The molecule has 0 amide bonds. The highest BCUT2D eigenvalue weighted by Gasteiger charge is 2.13. The maximum Gasteiger partial charge on any atom is 0.0809 e. The molecule has 0 N–H and O–H groups in total. The molecule has 2 atom stereocenters. The van der Waals surface area contributed by atoms with Crippen molar-refractivity contribution in [1.29, 1.82) is 0 Å². The molecule has 1 aliphatic heterocycles. The van der Waals surface area contributed by atoms with Gasteiger partial charge in [0.25, 0.3) is 0 Å². The van der Waals surface area contributed by atoms with Crippen LogP contribution in [0.15, 0.2) is 0 Å². The molecule has 6 heteroatoms. The first-order valence-corrected chi connectivity index (χ1v) is 18.4. The molecule has 1 rings (SSSR count). The molecular weight excluding hydrogens is 528 g/mol. The summed E-state index contributed by atoms with van der Waals surface area (Å²) >= 11 is 0. The fourth-order valence-electron chi connectivity index (χ4n) is 5.57. The number of rotatable bonds is 22. The minimum Gasteiger partial charge on any atom is -0.377 e. The lowest BCUT2D eigenvalue weighted by Gasteiger charge is -2.21. The fraction of sp³-hybridized carbons (Fsp3) is 1.00. The van der Waals surface area contributed by atoms with Crippen molar-refractivity contribution < 1.29 is 28.4 Å². The van der Waals surface area contributed by atoms with E-state index in [1.54, 1.807) is 0 Å². The van der Waals surface area contributed by atoms with Crippen LogP contribution in [0.2, 0.25) is 0 Å². The van der Waals surface area contributed by atoms with Crippen molar-refractivity contribution in [2.45, 2.75) is 167 Å². The lowest BCUT2D eigenvalue weighted by atomic mass is 10.0. The Kier molecular flexibility index (Phi) is 31.9. The second kappa shape index (κ2) is 33.6. The quantitative estimate of drug-likeness (QED) is 0.115. The molecule has 42 heavy (non-hydrogen) atoms. The highest BCUT2D eigenvalue weighted by molar-refractivity contribution is 4.61. The Morgan fingerprint density at radius 3 is 0.952 bits per heavy atom. The molecule has 0 aromatic rings. The van der Waals surface area contributed by atoms with E-state index in [0.717, 1.165) is 12.8 Å². The van der Waals surface area contributed by atoms with Gasteiger partial charge in [-0.3, -0.25) is 0 Å². The van der Waals surface area contributed by atoms with Crippen molar-refractivity contribution in [1.82, 2.24) is 0 Å². The standard InChI is InChI=1S/C36H72O6/c1-3-5-7-9-11-13-15-17-19-21-23-35-33-39-29-27-37-25-26-38-28-30-40-34-36(42-32-31-41-35)24-22-20-18-16-14-12-10-8-6-4-2/h35-36H,3-34H2,1-2H3. The van der Waals surface area contributed by atoms with Gasteiger partial charge in [-0.2, -0.15) is 0 Å². The van der Waals surface area contributed by atoms with Gasteiger partial charge in [0.1, 0.15) is 0 Å². The number of hydrogen-bond donors (Lipinski definition) is 0. The molecule has 1 heterocycles. The second-order valence-corrected chi connectivity index (χ2v) is 12.3. The highest BCUT2D eigenvalue weighted by Crippen LogP contribution is 2.15. The molecule has 0 aromatic carbocycles. The fourth-order valence-corrected chi connectivity index (χ4v) is 5.57. The van der Waals surface area contributed by atoms with E-state index in [1.165, 1.54) is 128 Å². The molecule has 1 fully saturated rings. The normalized spacial score (nSPS) is 20.7. The van der Waals surface area contributed by atoms with Crippen molar-refractivity contribution in [3.63, 3.8) is 0 Å². The summed E-state index contributed by atoms with van der Waals surface area (Å²) in [7, 11) is 0. The van der Waals surface area contributed by atoms with Gasteiger partial charge < -0.3 is 28.4 Å². The Balaban J connectivity index is 2.30. The highest BCUT2D eigenvalue weighted by atomic mass is 16.6. The van der Waals surface area contributed by atoms with E-state index < -0.39 is 0 Å². The topological polar surface area (TPSA) is 55.4 Å². The zero-order valence-corrected chi connectivity index (χ0v) is 28.2. The van der Waals surface area contributed by atoms with Gasteiger partial charge in [0.2, 0.25) is 0 Å². The molecule has 0 spiro atoms. The third-order valence-corrected chi connectivity index (χ3v) is 8.27. The van der Waals surface area contributed by atoms with E-state index in [9.17, 15) is 0 Å². The minimum atomic E-state index is 0.126. The van der Waals surface area contributed by atoms with Crippen LogP contribution in [-0.2, 0) is 28.4 Å². The van der Waals surface area contributed by atoms with E-state index in [1.807, 2.05) is 0 Å². The molecule has 6 nitrogen and oxygen atoms in total. The largest absolute Gasteiger partial charge is 0.377 e. The van der Waals surface area contributed by atoms with Crippen molar-refractivity contribution >= 4 is 0 Å². The molecule has 2 unspecified atom stereocenters. The molecule has 252 valence electrons. The molecule has 0 radical (unpaired) electrons. The molecular formula is C36H72O6. The van der Waals surface area contributed by atoms with Crippen LogP contribution in [0.1, 0.15) is 155 Å². The molecule has 0 aromatic heterocycles. The van der Waals surface area contributed by atoms with Crippen LogP contribution < -0.4 is 0 Å². The minimum absolute atomic E-state index is 0.126. The first kappa shape index (κ1) is 39.8. The van der Waals surface area contributed by atoms with Gasteiger partial charge in [-0.05, 0) is 12.8 Å². The van der Waals surface area contributed by atoms with Crippen LogP contribution in [-0.4, -0.2) is 78.3 Å². The van der Waals surface area contributed by atoms with E-state index >= 15 is 0 Å². The van der Waals surface area contributed by atoms with Gasteiger partial charge in [-0.1, -0.05) is 142 Å². The predicted octanol–water partition coefficient (Wildman–Crippen LogP) is 9.46. The van der Waals surface area contributed by atoms with Crippen LogP contribution >= 0.6 is 0 Å². The van der Waals surface area contributed by atoms with Gasteiger partial charge >= 0.3 is 0 Å². The Morgan fingerprint density at radius 1 is 0.333 bits per heavy atom. The smallest absolute Gasteiger partial charge is 0.0809 e. The third-order valence-electron chi connectivity index (χ3n) is 8.27. The Morgan fingerprint density at radius 2 is 0.619 bits per heavy atom.